The Balaban J connectivity index is 2.21. The molecule has 0 aliphatic carbocycles. The summed E-state index contributed by atoms with van der Waals surface area (Å²) in [5, 5.41) is 9.45. The molecule has 0 radical (unpaired) electrons. The highest BCUT2D eigenvalue weighted by Gasteiger charge is 2.08. The zero-order chi connectivity index (χ0) is 18.2. The van der Waals surface area contributed by atoms with E-state index in [1.54, 1.807) is 31.4 Å². The highest BCUT2D eigenvalue weighted by molar-refractivity contribution is 5.89. The van der Waals surface area contributed by atoms with E-state index in [9.17, 15) is 10.1 Å². The normalized spacial score (nSPS) is 11.1. The van der Waals surface area contributed by atoms with Gasteiger partial charge in [0.25, 0.3) is 0 Å². The maximum absolute atomic E-state index is 11.8. The molecule has 2 rings (SSSR count). The largest absolute Gasteiger partial charge is 0.497 e. The van der Waals surface area contributed by atoms with E-state index < -0.39 is 0 Å². The minimum absolute atomic E-state index is 0.246. The topological polar surface area (TPSA) is 59.3 Å². The van der Waals surface area contributed by atoms with Crippen LogP contribution in [0.5, 0.6) is 11.5 Å². The van der Waals surface area contributed by atoms with Crippen LogP contribution in [0.4, 0.5) is 0 Å². The van der Waals surface area contributed by atoms with E-state index in [0.29, 0.717) is 17.7 Å². The summed E-state index contributed by atoms with van der Waals surface area (Å²) in [7, 11) is 1.60. The van der Waals surface area contributed by atoms with Crippen molar-refractivity contribution < 1.29 is 14.3 Å². The number of carbonyl (C=O) groups is 1. The minimum Gasteiger partial charge on any atom is -0.497 e. The lowest BCUT2D eigenvalue weighted by Gasteiger charge is -2.07. The number of hydrogen-bond donors (Lipinski definition) is 0. The van der Waals surface area contributed by atoms with Gasteiger partial charge in [-0.05, 0) is 59.5 Å². The zero-order valence-electron chi connectivity index (χ0n) is 14.7. The molecule has 0 bridgehead atoms. The number of ether oxygens (including phenoxy) is 2. The van der Waals surface area contributed by atoms with Crippen LogP contribution in [0.15, 0.2) is 48.5 Å². The lowest BCUT2D eigenvalue weighted by Crippen LogP contribution is -2.10. The smallest absolute Gasteiger partial charge is 0.311 e. The molecule has 25 heavy (non-hydrogen) atoms. The molecule has 4 heteroatoms. The lowest BCUT2D eigenvalue weighted by molar-refractivity contribution is -0.135. The van der Waals surface area contributed by atoms with Crippen molar-refractivity contribution in [2.45, 2.75) is 20.3 Å². The van der Waals surface area contributed by atoms with Crippen LogP contribution in [0.1, 0.15) is 31.4 Å². The highest BCUT2D eigenvalue weighted by Crippen LogP contribution is 2.23. The van der Waals surface area contributed by atoms with Crippen molar-refractivity contribution in [3.63, 3.8) is 0 Å². The molecule has 2 aromatic rings. The average Bonchev–Trinajstić information content (AvgIpc) is 2.59. The summed E-state index contributed by atoms with van der Waals surface area (Å²) in [4.78, 5) is 11.8. The SMILES string of the molecule is COc1ccc(/C(C#N)=C\c2cccc(OC(=O)CC(C)C)c2)cc1. The van der Waals surface area contributed by atoms with Crippen LogP contribution in [-0.4, -0.2) is 13.1 Å². The fourth-order valence-electron chi connectivity index (χ4n) is 2.29. The molecule has 0 heterocycles. The first-order chi connectivity index (χ1) is 12.0. The van der Waals surface area contributed by atoms with Gasteiger partial charge in [0.1, 0.15) is 11.5 Å². The molecule has 0 fully saturated rings. The van der Waals surface area contributed by atoms with Crippen LogP contribution in [0.3, 0.4) is 0 Å². The molecule has 128 valence electrons. The van der Waals surface area contributed by atoms with Crippen molar-refractivity contribution in [2.75, 3.05) is 7.11 Å². The van der Waals surface area contributed by atoms with Crippen molar-refractivity contribution in [3.8, 4) is 17.6 Å². The molecule has 0 aromatic heterocycles. The second kappa shape index (κ2) is 8.70. The van der Waals surface area contributed by atoms with Gasteiger partial charge >= 0.3 is 5.97 Å². The Morgan fingerprint density at radius 3 is 2.48 bits per heavy atom. The van der Waals surface area contributed by atoms with Crippen molar-refractivity contribution in [1.29, 1.82) is 5.26 Å². The van der Waals surface area contributed by atoms with E-state index in [1.165, 1.54) is 0 Å². The maximum Gasteiger partial charge on any atom is 0.311 e. The van der Waals surface area contributed by atoms with Gasteiger partial charge in [0.05, 0.1) is 18.8 Å². The molecule has 0 atom stereocenters. The molecule has 0 aliphatic rings. The predicted molar refractivity (Wildman–Crippen MR) is 98.0 cm³/mol. The number of hydrogen-bond acceptors (Lipinski definition) is 4. The van der Waals surface area contributed by atoms with Crippen molar-refractivity contribution in [3.05, 3.63) is 59.7 Å². The summed E-state index contributed by atoms with van der Waals surface area (Å²) < 4.78 is 10.5. The van der Waals surface area contributed by atoms with Gasteiger partial charge in [0.2, 0.25) is 0 Å². The molecular weight excluding hydrogens is 314 g/mol. The van der Waals surface area contributed by atoms with Crippen molar-refractivity contribution in [2.24, 2.45) is 5.92 Å². The molecular formula is C21H21NO3. The van der Waals surface area contributed by atoms with Gasteiger partial charge in [-0.2, -0.15) is 5.26 Å². The number of esters is 1. The van der Waals surface area contributed by atoms with Gasteiger partial charge in [0, 0.05) is 6.42 Å². The Morgan fingerprint density at radius 1 is 1.16 bits per heavy atom. The molecule has 0 N–H and O–H groups in total. The standard InChI is InChI=1S/C21H21NO3/c1-15(2)11-21(23)25-20-6-4-5-16(13-20)12-18(14-22)17-7-9-19(24-3)10-8-17/h4-10,12-13,15H,11H2,1-3H3/b18-12-. The quantitative estimate of drug-likeness (QED) is 0.332. The Bertz CT molecular complexity index is 799. The molecule has 4 nitrogen and oxygen atoms in total. The van der Waals surface area contributed by atoms with Gasteiger partial charge in [-0.25, -0.2) is 0 Å². The summed E-state index contributed by atoms with van der Waals surface area (Å²) in [5.74, 6) is 1.20. The second-order valence-electron chi connectivity index (χ2n) is 6.04. The van der Waals surface area contributed by atoms with E-state index >= 15 is 0 Å². The predicted octanol–water partition coefficient (Wildman–Crippen LogP) is 4.71. The van der Waals surface area contributed by atoms with Gasteiger partial charge in [-0.3, -0.25) is 4.79 Å². The van der Waals surface area contributed by atoms with Crippen LogP contribution in [-0.2, 0) is 4.79 Å². The Morgan fingerprint density at radius 2 is 1.88 bits per heavy atom. The van der Waals surface area contributed by atoms with Gasteiger partial charge in [-0.15, -0.1) is 0 Å². The summed E-state index contributed by atoms with van der Waals surface area (Å²) in [6.07, 6.45) is 2.14. The van der Waals surface area contributed by atoms with E-state index in [-0.39, 0.29) is 11.9 Å². The number of nitriles is 1. The monoisotopic (exact) mass is 335 g/mol. The molecule has 2 aromatic carbocycles. The summed E-state index contributed by atoms with van der Waals surface area (Å²) in [5.41, 5.74) is 2.11. The molecule has 0 saturated carbocycles. The lowest BCUT2D eigenvalue weighted by atomic mass is 10.0. The van der Waals surface area contributed by atoms with E-state index in [1.807, 2.05) is 44.2 Å². The van der Waals surface area contributed by atoms with Crippen molar-refractivity contribution in [1.82, 2.24) is 0 Å². The van der Waals surface area contributed by atoms with E-state index in [2.05, 4.69) is 6.07 Å². The number of benzene rings is 2. The van der Waals surface area contributed by atoms with Gasteiger partial charge in [-0.1, -0.05) is 26.0 Å². The number of nitrogens with zero attached hydrogens (tertiary/aromatic N) is 1. The number of carbonyl (C=O) groups excluding carboxylic acids is 1. The fraction of sp³-hybridized carbons (Fsp3) is 0.238. The average molecular weight is 335 g/mol. The first-order valence-electron chi connectivity index (χ1n) is 8.08. The molecule has 0 amide bonds. The Hall–Kier alpha value is -3.06. The van der Waals surface area contributed by atoms with E-state index in [4.69, 9.17) is 9.47 Å². The molecule has 0 unspecified atom stereocenters. The van der Waals surface area contributed by atoms with Gasteiger partial charge < -0.3 is 9.47 Å². The zero-order valence-corrected chi connectivity index (χ0v) is 14.7. The second-order valence-corrected chi connectivity index (χ2v) is 6.04. The van der Waals surface area contributed by atoms with Crippen LogP contribution in [0.25, 0.3) is 11.6 Å². The highest BCUT2D eigenvalue weighted by atomic mass is 16.5. The van der Waals surface area contributed by atoms with Crippen LogP contribution in [0, 0.1) is 17.2 Å². The third-order valence-corrected chi connectivity index (χ3v) is 3.50. The first-order valence-corrected chi connectivity index (χ1v) is 8.08. The molecule has 0 spiro atoms. The molecule has 0 saturated heterocycles. The Kier molecular flexibility index (Phi) is 6.36. The van der Waals surface area contributed by atoms with Crippen LogP contribution < -0.4 is 9.47 Å². The van der Waals surface area contributed by atoms with E-state index in [0.717, 1.165) is 16.9 Å². The molecule has 0 aliphatic heterocycles. The van der Waals surface area contributed by atoms with Crippen LogP contribution >= 0.6 is 0 Å². The summed E-state index contributed by atoms with van der Waals surface area (Å²) in [6, 6.07) is 16.6. The minimum atomic E-state index is -0.258. The number of allylic oxidation sites excluding steroid dienone is 1. The fourth-order valence-corrected chi connectivity index (χ4v) is 2.29. The summed E-state index contributed by atoms with van der Waals surface area (Å²) >= 11 is 0. The third-order valence-electron chi connectivity index (χ3n) is 3.50. The van der Waals surface area contributed by atoms with Crippen molar-refractivity contribution >= 4 is 17.6 Å². The van der Waals surface area contributed by atoms with Crippen LogP contribution in [0.2, 0.25) is 0 Å². The maximum atomic E-state index is 11.8. The number of methoxy groups -OCH3 is 1. The third kappa shape index (κ3) is 5.50. The summed E-state index contributed by atoms with van der Waals surface area (Å²) in [6.45, 7) is 3.93. The van der Waals surface area contributed by atoms with Gasteiger partial charge in [0.15, 0.2) is 0 Å². The Labute approximate surface area is 148 Å². The number of rotatable bonds is 6. The first kappa shape index (κ1) is 18.3.